The summed E-state index contributed by atoms with van der Waals surface area (Å²) in [5, 5.41) is 17.3. The first-order valence-electron chi connectivity index (χ1n) is 6.71. The summed E-state index contributed by atoms with van der Waals surface area (Å²) in [5.41, 5.74) is 0.359. The molecule has 0 radical (unpaired) electrons. The molecular weight excluding hydrogens is 256 g/mol. The Morgan fingerprint density at radius 2 is 1.95 bits per heavy atom. The van der Waals surface area contributed by atoms with Crippen molar-refractivity contribution in [3.8, 4) is 0 Å². The van der Waals surface area contributed by atoms with Crippen LogP contribution in [-0.2, 0) is 5.66 Å². The van der Waals surface area contributed by atoms with Crippen LogP contribution in [0, 0.1) is 5.92 Å². The summed E-state index contributed by atoms with van der Waals surface area (Å²) in [6, 6.07) is 9.90. The number of benzene rings is 1. The molecule has 1 atom stereocenters. The SMILES string of the molecule is O=C(O)N1CCC(C2(c3ccccc3)N=CN=N2)CC1. The summed E-state index contributed by atoms with van der Waals surface area (Å²) in [6.07, 6.45) is 2.14. The highest BCUT2D eigenvalue weighted by atomic mass is 16.4. The van der Waals surface area contributed by atoms with Gasteiger partial charge in [-0.15, -0.1) is 5.11 Å². The Morgan fingerprint density at radius 3 is 2.50 bits per heavy atom. The first-order valence-corrected chi connectivity index (χ1v) is 6.71. The molecule has 6 nitrogen and oxygen atoms in total. The van der Waals surface area contributed by atoms with Crippen LogP contribution in [0.5, 0.6) is 0 Å². The largest absolute Gasteiger partial charge is 0.465 e. The minimum Gasteiger partial charge on any atom is -0.465 e. The van der Waals surface area contributed by atoms with Gasteiger partial charge in [0.2, 0.25) is 5.66 Å². The van der Waals surface area contributed by atoms with Crippen molar-refractivity contribution in [2.45, 2.75) is 18.5 Å². The van der Waals surface area contributed by atoms with Crippen LogP contribution in [0.2, 0.25) is 0 Å². The van der Waals surface area contributed by atoms with Gasteiger partial charge in [0.15, 0.2) is 0 Å². The second-order valence-electron chi connectivity index (χ2n) is 5.10. The predicted molar refractivity (Wildman–Crippen MR) is 73.8 cm³/mol. The van der Waals surface area contributed by atoms with E-state index >= 15 is 0 Å². The zero-order chi connectivity index (χ0) is 14.0. The molecular formula is C14H16N4O2. The minimum atomic E-state index is -0.853. The van der Waals surface area contributed by atoms with Crippen LogP contribution in [0.4, 0.5) is 4.79 Å². The number of rotatable bonds is 2. The summed E-state index contributed by atoms with van der Waals surface area (Å²) in [7, 11) is 0. The van der Waals surface area contributed by atoms with Gasteiger partial charge in [0.05, 0.1) is 0 Å². The molecule has 20 heavy (non-hydrogen) atoms. The lowest BCUT2D eigenvalue weighted by atomic mass is 9.80. The Kier molecular flexibility index (Phi) is 3.22. The van der Waals surface area contributed by atoms with Gasteiger partial charge in [-0.3, -0.25) is 0 Å². The van der Waals surface area contributed by atoms with Gasteiger partial charge in [0, 0.05) is 24.6 Å². The van der Waals surface area contributed by atoms with Gasteiger partial charge in [-0.25, -0.2) is 9.79 Å². The fourth-order valence-corrected chi connectivity index (χ4v) is 2.97. The molecule has 1 saturated heterocycles. The molecule has 1 aromatic carbocycles. The standard InChI is InChI=1S/C14H16N4O2/c19-13(20)18-8-6-12(7-9-18)14(15-10-16-17-14)11-4-2-1-3-5-11/h1-5,10,12H,6-9H2,(H,19,20). The Morgan fingerprint density at radius 1 is 1.25 bits per heavy atom. The van der Waals surface area contributed by atoms with Crippen LogP contribution in [0.3, 0.4) is 0 Å². The maximum atomic E-state index is 11.0. The lowest BCUT2D eigenvalue weighted by Gasteiger charge is -2.37. The fourth-order valence-electron chi connectivity index (χ4n) is 2.97. The fraction of sp³-hybridized carbons (Fsp3) is 0.429. The molecule has 1 fully saturated rings. The van der Waals surface area contributed by atoms with Crippen LogP contribution >= 0.6 is 0 Å². The van der Waals surface area contributed by atoms with Gasteiger partial charge in [-0.2, -0.15) is 5.11 Å². The highest BCUT2D eigenvalue weighted by Gasteiger charge is 2.43. The molecule has 1 aromatic rings. The van der Waals surface area contributed by atoms with E-state index in [2.05, 4.69) is 15.2 Å². The first-order chi connectivity index (χ1) is 9.72. The zero-order valence-corrected chi connectivity index (χ0v) is 11.0. The third kappa shape index (κ3) is 2.07. The molecule has 2 aliphatic heterocycles. The van der Waals surface area contributed by atoms with Crippen molar-refractivity contribution in [2.24, 2.45) is 21.1 Å². The number of carbonyl (C=O) groups is 1. The summed E-state index contributed by atoms with van der Waals surface area (Å²) >= 11 is 0. The van der Waals surface area contributed by atoms with Crippen LogP contribution in [0.25, 0.3) is 0 Å². The molecule has 104 valence electrons. The van der Waals surface area contributed by atoms with Crippen LogP contribution in [0.15, 0.2) is 45.6 Å². The molecule has 0 bridgehead atoms. The Labute approximate surface area is 116 Å². The Bertz CT molecular complexity index is 536. The van der Waals surface area contributed by atoms with Gasteiger partial charge >= 0.3 is 6.09 Å². The first kappa shape index (κ1) is 12.8. The number of hydrogen-bond acceptors (Lipinski definition) is 4. The van der Waals surface area contributed by atoms with Gasteiger partial charge in [-0.05, 0) is 12.8 Å². The monoisotopic (exact) mass is 272 g/mol. The minimum absolute atomic E-state index is 0.183. The molecule has 2 aliphatic rings. The molecule has 2 heterocycles. The molecule has 0 saturated carbocycles. The maximum Gasteiger partial charge on any atom is 0.407 e. The normalized spacial score (nSPS) is 26.1. The van der Waals surface area contributed by atoms with E-state index in [4.69, 9.17) is 5.11 Å². The molecule has 1 amide bonds. The number of piperidine rings is 1. The summed E-state index contributed by atoms with van der Waals surface area (Å²) in [4.78, 5) is 16.9. The number of carboxylic acid groups (broad SMARTS) is 1. The smallest absolute Gasteiger partial charge is 0.407 e. The van der Waals surface area contributed by atoms with Gasteiger partial charge < -0.3 is 10.0 Å². The van der Waals surface area contributed by atoms with E-state index in [9.17, 15) is 4.79 Å². The number of aliphatic imine (C=N–C) groups is 1. The second-order valence-corrected chi connectivity index (χ2v) is 5.10. The van der Waals surface area contributed by atoms with E-state index in [0.717, 1.165) is 18.4 Å². The van der Waals surface area contributed by atoms with E-state index in [-0.39, 0.29) is 5.92 Å². The van der Waals surface area contributed by atoms with Gasteiger partial charge in [-0.1, -0.05) is 30.3 Å². The van der Waals surface area contributed by atoms with E-state index in [1.54, 1.807) is 0 Å². The third-order valence-corrected chi connectivity index (χ3v) is 4.05. The van der Waals surface area contributed by atoms with E-state index in [0.29, 0.717) is 13.1 Å². The average Bonchev–Trinajstić information content (AvgIpc) is 2.99. The maximum absolute atomic E-state index is 11.0. The molecule has 1 N–H and O–H groups in total. The number of azo groups is 1. The predicted octanol–water partition coefficient (Wildman–Crippen LogP) is 2.72. The van der Waals surface area contributed by atoms with Gasteiger partial charge in [0.25, 0.3) is 0 Å². The lowest BCUT2D eigenvalue weighted by Crippen LogP contribution is -2.43. The van der Waals surface area contributed by atoms with Crippen molar-refractivity contribution < 1.29 is 9.90 Å². The molecule has 0 spiro atoms. The second kappa shape index (κ2) is 5.03. The van der Waals surface area contributed by atoms with Crippen LogP contribution < -0.4 is 0 Å². The molecule has 6 heteroatoms. The van der Waals surface area contributed by atoms with Crippen LogP contribution in [-0.4, -0.2) is 35.5 Å². The van der Waals surface area contributed by atoms with Crippen LogP contribution in [0.1, 0.15) is 18.4 Å². The number of likely N-dealkylation sites (tertiary alicyclic amines) is 1. The highest BCUT2D eigenvalue weighted by Crippen LogP contribution is 2.42. The number of hydrogen-bond donors (Lipinski definition) is 1. The third-order valence-electron chi connectivity index (χ3n) is 4.05. The quantitative estimate of drug-likeness (QED) is 0.898. The lowest BCUT2D eigenvalue weighted by molar-refractivity contribution is 0.106. The van der Waals surface area contributed by atoms with Crippen molar-refractivity contribution in [1.29, 1.82) is 0 Å². The highest BCUT2D eigenvalue weighted by molar-refractivity contribution is 5.65. The molecule has 1 unspecified atom stereocenters. The van der Waals surface area contributed by atoms with E-state index in [1.165, 1.54) is 11.2 Å². The summed E-state index contributed by atoms with van der Waals surface area (Å²) in [5.74, 6) is 0.183. The number of nitrogens with zero attached hydrogens (tertiary/aromatic N) is 4. The van der Waals surface area contributed by atoms with Crippen molar-refractivity contribution in [2.75, 3.05) is 13.1 Å². The Balaban J connectivity index is 1.85. The van der Waals surface area contributed by atoms with Crippen molar-refractivity contribution >= 4 is 12.4 Å². The van der Waals surface area contributed by atoms with E-state index < -0.39 is 11.8 Å². The summed E-state index contributed by atoms with van der Waals surface area (Å²) in [6.45, 7) is 1.05. The molecule has 0 aromatic heterocycles. The molecule has 3 rings (SSSR count). The van der Waals surface area contributed by atoms with Gasteiger partial charge in [0.1, 0.15) is 6.34 Å². The van der Waals surface area contributed by atoms with E-state index in [1.807, 2.05) is 30.3 Å². The zero-order valence-electron chi connectivity index (χ0n) is 11.0. The average molecular weight is 272 g/mol. The Hall–Kier alpha value is -2.24. The van der Waals surface area contributed by atoms with Crippen molar-refractivity contribution in [3.63, 3.8) is 0 Å². The summed E-state index contributed by atoms with van der Waals surface area (Å²) < 4.78 is 0. The van der Waals surface area contributed by atoms with Crippen molar-refractivity contribution in [1.82, 2.24) is 4.90 Å². The van der Waals surface area contributed by atoms with Crippen molar-refractivity contribution in [3.05, 3.63) is 35.9 Å². The number of amides is 1. The topological polar surface area (TPSA) is 77.6 Å². The molecule has 0 aliphatic carbocycles.